The van der Waals surface area contributed by atoms with E-state index in [0.717, 1.165) is 4.90 Å². The second-order valence-corrected chi connectivity index (χ2v) is 5.67. The summed E-state index contributed by atoms with van der Waals surface area (Å²) < 4.78 is 0. The largest absolute Gasteiger partial charge is 0.397 e. The molecule has 3 N–H and O–H groups in total. The van der Waals surface area contributed by atoms with Gasteiger partial charge in [-0.05, 0) is 30.3 Å². The molecule has 0 saturated heterocycles. The molecule has 1 amide bonds. The lowest BCUT2D eigenvalue weighted by atomic mass is 10.2. The third-order valence-corrected chi connectivity index (χ3v) is 3.79. The molecule has 0 aliphatic rings. The maximum atomic E-state index is 11.8. The monoisotopic (exact) mass is 307 g/mol. The summed E-state index contributed by atoms with van der Waals surface area (Å²) in [5, 5.41) is 3.31. The second kappa shape index (κ2) is 7.17. The molecule has 0 saturated carbocycles. The molecule has 0 bridgehead atoms. The number of benzene rings is 1. The van der Waals surface area contributed by atoms with Crippen molar-refractivity contribution in [3.8, 4) is 0 Å². The van der Waals surface area contributed by atoms with Crippen molar-refractivity contribution in [2.75, 3.05) is 16.8 Å². The molecular weight excluding hydrogens is 294 g/mol. The molecule has 0 fully saturated rings. The molecule has 1 aromatic heterocycles. The van der Waals surface area contributed by atoms with Crippen molar-refractivity contribution in [2.45, 2.75) is 11.3 Å². The molecule has 1 heterocycles. The first-order valence-corrected chi connectivity index (χ1v) is 7.39. The molecule has 2 aromatic rings. The molecule has 0 aliphatic heterocycles. The summed E-state index contributed by atoms with van der Waals surface area (Å²) in [6.07, 6.45) is 3.86. The highest BCUT2D eigenvalue weighted by molar-refractivity contribution is 7.99. The van der Waals surface area contributed by atoms with Crippen LogP contribution >= 0.6 is 23.4 Å². The van der Waals surface area contributed by atoms with Crippen LogP contribution in [0, 0.1) is 0 Å². The number of amides is 1. The number of nitrogens with two attached hydrogens (primary N) is 1. The zero-order valence-corrected chi connectivity index (χ0v) is 12.2. The Bertz CT molecular complexity index is 592. The van der Waals surface area contributed by atoms with E-state index in [2.05, 4.69) is 10.3 Å². The molecule has 0 radical (unpaired) electrons. The fraction of sp³-hybridized carbons (Fsp3) is 0.143. The van der Waals surface area contributed by atoms with Gasteiger partial charge in [0.2, 0.25) is 5.91 Å². The highest BCUT2D eigenvalue weighted by Gasteiger charge is 2.06. The number of nitrogen functional groups attached to an aromatic ring is 1. The minimum Gasteiger partial charge on any atom is -0.397 e. The van der Waals surface area contributed by atoms with Gasteiger partial charge in [-0.25, -0.2) is 0 Å². The fourth-order valence-electron chi connectivity index (χ4n) is 1.55. The van der Waals surface area contributed by atoms with Gasteiger partial charge in [-0.2, -0.15) is 0 Å². The van der Waals surface area contributed by atoms with Crippen molar-refractivity contribution < 1.29 is 4.79 Å². The van der Waals surface area contributed by atoms with Gasteiger partial charge in [0, 0.05) is 34.5 Å². The summed E-state index contributed by atoms with van der Waals surface area (Å²) >= 11 is 7.48. The third kappa shape index (κ3) is 4.43. The number of nitrogens with one attached hydrogen (secondary N) is 1. The van der Waals surface area contributed by atoms with Crippen LogP contribution in [0.15, 0.2) is 47.6 Å². The summed E-state index contributed by atoms with van der Waals surface area (Å²) in [5.41, 5.74) is 6.83. The normalized spacial score (nSPS) is 10.2. The highest BCUT2D eigenvalue weighted by atomic mass is 35.5. The number of thioether (sulfide) groups is 1. The van der Waals surface area contributed by atoms with E-state index in [1.54, 1.807) is 42.4 Å². The standard InChI is InChI=1S/C14H14ClN3OS/c15-10-1-2-12(16)13(9-10)18-14(19)5-8-20-11-3-6-17-7-4-11/h1-4,6-7,9H,5,8,16H2,(H,18,19). The van der Waals surface area contributed by atoms with E-state index in [1.807, 2.05) is 12.1 Å². The van der Waals surface area contributed by atoms with E-state index in [4.69, 9.17) is 17.3 Å². The van der Waals surface area contributed by atoms with Gasteiger partial charge in [0.1, 0.15) is 0 Å². The highest BCUT2D eigenvalue weighted by Crippen LogP contribution is 2.23. The van der Waals surface area contributed by atoms with Crippen molar-refractivity contribution in [3.05, 3.63) is 47.7 Å². The Labute approximate surface area is 126 Å². The summed E-state index contributed by atoms with van der Waals surface area (Å²) in [5.74, 6) is 0.608. The van der Waals surface area contributed by atoms with Crippen molar-refractivity contribution in [1.29, 1.82) is 0 Å². The van der Waals surface area contributed by atoms with Crippen molar-refractivity contribution >= 4 is 40.6 Å². The van der Waals surface area contributed by atoms with Gasteiger partial charge in [0.25, 0.3) is 0 Å². The molecule has 0 spiro atoms. The van der Waals surface area contributed by atoms with Gasteiger partial charge < -0.3 is 11.1 Å². The van der Waals surface area contributed by atoms with Gasteiger partial charge in [-0.1, -0.05) is 11.6 Å². The summed E-state index contributed by atoms with van der Waals surface area (Å²) in [6, 6.07) is 8.83. The number of rotatable bonds is 5. The van der Waals surface area contributed by atoms with Crippen molar-refractivity contribution in [3.63, 3.8) is 0 Å². The topological polar surface area (TPSA) is 68.0 Å². The van der Waals surface area contributed by atoms with Crippen LogP contribution in [0.4, 0.5) is 11.4 Å². The van der Waals surface area contributed by atoms with E-state index in [9.17, 15) is 4.79 Å². The lowest BCUT2D eigenvalue weighted by molar-refractivity contribution is -0.115. The predicted octanol–water partition coefficient (Wildman–Crippen LogP) is 3.44. The molecule has 6 heteroatoms. The number of anilines is 2. The molecule has 4 nitrogen and oxygen atoms in total. The Balaban J connectivity index is 1.82. The van der Waals surface area contributed by atoms with Crippen LogP contribution in [0.5, 0.6) is 0 Å². The van der Waals surface area contributed by atoms with Crippen LogP contribution < -0.4 is 11.1 Å². The number of carbonyl (C=O) groups is 1. The lowest BCUT2D eigenvalue weighted by Gasteiger charge is -2.08. The van der Waals surface area contributed by atoms with E-state index in [0.29, 0.717) is 28.6 Å². The van der Waals surface area contributed by atoms with Gasteiger partial charge in [-0.15, -0.1) is 11.8 Å². The van der Waals surface area contributed by atoms with Crippen LogP contribution in [0.2, 0.25) is 5.02 Å². The van der Waals surface area contributed by atoms with Crippen LogP contribution in [0.1, 0.15) is 6.42 Å². The smallest absolute Gasteiger partial charge is 0.225 e. The average Bonchev–Trinajstić information content (AvgIpc) is 2.44. The SMILES string of the molecule is Nc1ccc(Cl)cc1NC(=O)CCSc1ccncc1. The number of carbonyl (C=O) groups excluding carboxylic acids is 1. The van der Waals surface area contributed by atoms with Gasteiger partial charge in [-0.3, -0.25) is 9.78 Å². The summed E-state index contributed by atoms with van der Waals surface area (Å²) in [6.45, 7) is 0. The van der Waals surface area contributed by atoms with Gasteiger partial charge in [0.15, 0.2) is 0 Å². The van der Waals surface area contributed by atoms with E-state index < -0.39 is 0 Å². The minimum absolute atomic E-state index is 0.0828. The number of nitrogens with zero attached hydrogens (tertiary/aromatic N) is 1. The van der Waals surface area contributed by atoms with Crippen molar-refractivity contribution in [2.24, 2.45) is 0 Å². The van der Waals surface area contributed by atoms with Crippen molar-refractivity contribution in [1.82, 2.24) is 4.98 Å². The fourth-order valence-corrected chi connectivity index (χ4v) is 2.55. The number of pyridine rings is 1. The van der Waals surface area contributed by atoms with Crippen LogP contribution in [0.3, 0.4) is 0 Å². The second-order valence-electron chi connectivity index (χ2n) is 4.06. The number of halogens is 1. The third-order valence-electron chi connectivity index (χ3n) is 2.54. The van der Waals surface area contributed by atoms with E-state index in [1.165, 1.54) is 0 Å². The van der Waals surface area contributed by atoms with Gasteiger partial charge in [0.05, 0.1) is 11.4 Å². The Morgan fingerprint density at radius 3 is 2.80 bits per heavy atom. The molecule has 1 aromatic carbocycles. The van der Waals surface area contributed by atoms with E-state index >= 15 is 0 Å². The van der Waals surface area contributed by atoms with E-state index in [-0.39, 0.29) is 5.91 Å². The average molecular weight is 308 g/mol. The predicted molar refractivity (Wildman–Crippen MR) is 84.1 cm³/mol. The molecular formula is C14H14ClN3OS. The maximum Gasteiger partial charge on any atom is 0.225 e. The van der Waals surface area contributed by atoms with Crippen LogP contribution in [-0.4, -0.2) is 16.6 Å². The Hall–Kier alpha value is -1.72. The molecule has 104 valence electrons. The van der Waals surface area contributed by atoms with Crippen LogP contribution in [0.25, 0.3) is 0 Å². The molecule has 0 aliphatic carbocycles. The molecule has 2 rings (SSSR count). The summed E-state index contributed by atoms with van der Waals surface area (Å²) in [4.78, 5) is 16.9. The zero-order valence-electron chi connectivity index (χ0n) is 10.7. The Kier molecular flexibility index (Phi) is 5.26. The quantitative estimate of drug-likeness (QED) is 0.656. The Morgan fingerprint density at radius 1 is 1.30 bits per heavy atom. The number of hydrogen-bond donors (Lipinski definition) is 2. The zero-order chi connectivity index (χ0) is 14.4. The first-order chi connectivity index (χ1) is 9.65. The molecule has 0 atom stereocenters. The number of hydrogen-bond acceptors (Lipinski definition) is 4. The first-order valence-electron chi connectivity index (χ1n) is 6.03. The first kappa shape index (κ1) is 14.7. The minimum atomic E-state index is -0.0828. The van der Waals surface area contributed by atoms with Gasteiger partial charge >= 0.3 is 0 Å². The van der Waals surface area contributed by atoms with Crippen LogP contribution in [-0.2, 0) is 4.79 Å². The number of aromatic nitrogens is 1. The lowest BCUT2D eigenvalue weighted by Crippen LogP contribution is -2.13. The maximum absolute atomic E-state index is 11.8. The molecule has 0 unspecified atom stereocenters. The molecule has 20 heavy (non-hydrogen) atoms. The Morgan fingerprint density at radius 2 is 2.05 bits per heavy atom. The summed E-state index contributed by atoms with van der Waals surface area (Å²) in [7, 11) is 0.